The van der Waals surface area contributed by atoms with E-state index in [1.54, 1.807) is 29.2 Å². The molecule has 2 atom stereocenters. The van der Waals surface area contributed by atoms with Crippen LogP contribution in [0.1, 0.15) is 44.4 Å². The summed E-state index contributed by atoms with van der Waals surface area (Å²) >= 11 is 1.36. The minimum Gasteiger partial charge on any atom is -0.484 e. The number of fused-ring (bicyclic) bond motifs is 1. The molecular weight excluding hydrogens is 487 g/mol. The average molecular weight is 515 g/mol. The van der Waals surface area contributed by atoms with Crippen molar-refractivity contribution in [2.45, 2.75) is 39.8 Å². The molecule has 2 heterocycles. The number of hydrogen-bond donors (Lipinski definition) is 1. The van der Waals surface area contributed by atoms with Crippen molar-refractivity contribution in [3.05, 3.63) is 105 Å². The third-order valence-electron chi connectivity index (χ3n) is 6.23. The van der Waals surface area contributed by atoms with Crippen LogP contribution in [0.2, 0.25) is 0 Å². The quantitative estimate of drug-likeness (QED) is 0.270. The monoisotopic (exact) mass is 514 g/mol. The van der Waals surface area contributed by atoms with E-state index in [4.69, 9.17) is 4.74 Å². The highest BCUT2D eigenvalue weighted by Crippen LogP contribution is 2.31. The van der Waals surface area contributed by atoms with Gasteiger partial charge in [-0.05, 0) is 81.3 Å². The second-order valence-corrected chi connectivity index (χ2v) is 10.4. The Morgan fingerprint density at radius 3 is 2.51 bits per heavy atom. The largest absolute Gasteiger partial charge is 0.484 e. The molecule has 8 heteroatoms. The van der Waals surface area contributed by atoms with E-state index in [1.165, 1.54) is 23.5 Å². The lowest BCUT2D eigenvalue weighted by Gasteiger charge is -2.28. The molecule has 3 aromatic carbocycles. The van der Waals surface area contributed by atoms with Crippen LogP contribution in [0.5, 0.6) is 5.75 Å². The number of benzene rings is 3. The van der Waals surface area contributed by atoms with Crippen LogP contribution < -0.4 is 10.1 Å². The summed E-state index contributed by atoms with van der Waals surface area (Å²) in [6.45, 7) is 7.96. The molecule has 0 bridgehead atoms. The van der Waals surface area contributed by atoms with Crippen molar-refractivity contribution in [3.8, 4) is 11.4 Å². The van der Waals surface area contributed by atoms with Crippen molar-refractivity contribution in [2.24, 2.45) is 0 Å². The number of aromatic nitrogens is 3. The van der Waals surface area contributed by atoms with Gasteiger partial charge in [0, 0.05) is 16.5 Å². The lowest BCUT2D eigenvalue weighted by molar-refractivity contribution is 0.0881. The zero-order valence-electron chi connectivity index (χ0n) is 21.0. The molecule has 5 rings (SSSR count). The van der Waals surface area contributed by atoms with Gasteiger partial charge in [0.25, 0.3) is 5.91 Å². The fraction of sp³-hybridized carbons (Fsp3) is 0.207. The molecule has 0 saturated carbocycles. The zero-order chi connectivity index (χ0) is 26.1. The van der Waals surface area contributed by atoms with Crippen molar-refractivity contribution in [1.82, 2.24) is 20.1 Å². The normalized spacial score (nSPS) is 12.9. The van der Waals surface area contributed by atoms with Gasteiger partial charge in [-0.25, -0.2) is 14.1 Å². The molecule has 0 fully saturated rings. The summed E-state index contributed by atoms with van der Waals surface area (Å²) < 4.78 is 21.7. The molecule has 0 aliphatic carbocycles. The predicted molar refractivity (Wildman–Crippen MR) is 144 cm³/mol. The number of carbonyl (C=O) groups is 1. The molecule has 0 aliphatic rings. The van der Waals surface area contributed by atoms with Gasteiger partial charge in [-0.2, -0.15) is 5.10 Å². The lowest BCUT2D eigenvalue weighted by Crippen LogP contribution is -2.39. The molecule has 2 aromatic heterocycles. The van der Waals surface area contributed by atoms with Gasteiger partial charge in [0.05, 0.1) is 23.4 Å². The Morgan fingerprint density at radius 1 is 1.03 bits per heavy atom. The summed E-state index contributed by atoms with van der Waals surface area (Å²) in [5, 5.41) is 8.87. The first-order chi connectivity index (χ1) is 17.8. The van der Waals surface area contributed by atoms with Crippen LogP contribution in [-0.4, -0.2) is 26.7 Å². The van der Waals surface area contributed by atoms with Gasteiger partial charge >= 0.3 is 0 Å². The number of aryl methyl sites for hydroxylation is 3. The number of ether oxygens (including phenoxy) is 1. The predicted octanol–water partition coefficient (Wildman–Crippen LogP) is 6.48. The van der Waals surface area contributed by atoms with Gasteiger partial charge in [0.15, 0.2) is 5.01 Å². The maximum atomic E-state index is 13.4. The van der Waals surface area contributed by atoms with Gasteiger partial charge < -0.3 is 10.1 Å². The highest BCUT2D eigenvalue weighted by Gasteiger charge is 2.26. The van der Waals surface area contributed by atoms with Crippen LogP contribution >= 0.6 is 11.3 Å². The Labute approximate surface area is 218 Å². The number of hydrogen-bond acceptors (Lipinski definition) is 5. The van der Waals surface area contributed by atoms with Crippen molar-refractivity contribution in [1.29, 1.82) is 0 Å². The number of nitrogens with one attached hydrogen (secondary N) is 1. The van der Waals surface area contributed by atoms with Crippen molar-refractivity contribution in [3.63, 3.8) is 0 Å². The topological polar surface area (TPSA) is 69.0 Å². The van der Waals surface area contributed by atoms with Crippen LogP contribution in [0.15, 0.2) is 73.1 Å². The van der Waals surface area contributed by atoms with Gasteiger partial charge in [-0.15, -0.1) is 11.3 Å². The molecule has 5 aromatic rings. The van der Waals surface area contributed by atoms with Crippen LogP contribution in [0, 0.1) is 26.6 Å². The highest BCUT2D eigenvalue weighted by molar-refractivity contribution is 7.13. The molecule has 6 nitrogen and oxygen atoms in total. The molecule has 0 aliphatic heterocycles. The van der Waals surface area contributed by atoms with Crippen LogP contribution in [-0.2, 0) is 0 Å². The second-order valence-electron chi connectivity index (χ2n) is 9.19. The first kappa shape index (κ1) is 24.6. The molecule has 0 radical (unpaired) electrons. The summed E-state index contributed by atoms with van der Waals surface area (Å²) in [6, 6.07) is 17.8. The standard InChI is InChI=1S/C29H27FN4O2S/c1-17-5-11-25(18(2)13-17)27(20(4)33-28(35)29-31-15-19(3)37-29)36-24-10-12-26-21(14-24)16-32-34(26)23-8-6-22(30)7-9-23/h5-16,20,27H,1-4H3,(H,33,35)/t20-,27+/m0/s1. The molecule has 188 valence electrons. The molecule has 37 heavy (non-hydrogen) atoms. The van der Waals surface area contributed by atoms with Crippen LogP contribution in [0.3, 0.4) is 0 Å². The number of nitrogens with zero attached hydrogens (tertiary/aromatic N) is 3. The molecule has 0 saturated heterocycles. The SMILES string of the molecule is Cc1ccc([C@H](Oc2ccc3c(cnn3-c3ccc(F)cc3)c2)[C@H](C)NC(=O)c2ncc(C)s2)c(C)c1. The third kappa shape index (κ3) is 5.24. The van der Waals surface area contributed by atoms with Gasteiger partial charge in [0.2, 0.25) is 0 Å². The Balaban J connectivity index is 1.45. The smallest absolute Gasteiger partial charge is 0.280 e. The first-order valence-electron chi connectivity index (χ1n) is 12.0. The Hall–Kier alpha value is -4.04. The summed E-state index contributed by atoms with van der Waals surface area (Å²) in [7, 11) is 0. The molecule has 0 unspecified atom stereocenters. The Morgan fingerprint density at radius 2 is 1.81 bits per heavy atom. The highest BCUT2D eigenvalue weighted by atomic mass is 32.1. The number of thiazole rings is 1. The maximum Gasteiger partial charge on any atom is 0.280 e. The van der Waals surface area contributed by atoms with Crippen LogP contribution in [0.25, 0.3) is 16.6 Å². The Bertz CT molecular complexity index is 1570. The van der Waals surface area contributed by atoms with E-state index in [1.807, 2.05) is 45.0 Å². The summed E-state index contributed by atoms with van der Waals surface area (Å²) in [5.41, 5.74) is 4.89. The number of carbonyl (C=O) groups excluding carboxylic acids is 1. The van der Waals surface area contributed by atoms with E-state index in [-0.39, 0.29) is 17.8 Å². The zero-order valence-corrected chi connectivity index (χ0v) is 21.8. The summed E-state index contributed by atoms with van der Waals surface area (Å²) in [6.07, 6.45) is 3.02. The third-order valence-corrected chi connectivity index (χ3v) is 7.15. The number of halogens is 1. The summed E-state index contributed by atoms with van der Waals surface area (Å²) in [5.74, 6) is 0.141. The second kappa shape index (κ2) is 10.1. The fourth-order valence-corrected chi connectivity index (χ4v) is 5.07. The van der Waals surface area contributed by atoms with Crippen molar-refractivity contribution < 1.29 is 13.9 Å². The number of rotatable bonds is 7. The van der Waals surface area contributed by atoms with E-state index in [0.29, 0.717) is 10.8 Å². The van der Waals surface area contributed by atoms with Crippen LogP contribution in [0.4, 0.5) is 4.39 Å². The molecule has 1 N–H and O–H groups in total. The van der Waals surface area contributed by atoms with E-state index >= 15 is 0 Å². The molecule has 1 amide bonds. The van der Waals surface area contributed by atoms with E-state index in [9.17, 15) is 9.18 Å². The minimum absolute atomic E-state index is 0.222. The van der Waals surface area contributed by atoms with E-state index in [0.717, 1.165) is 38.2 Å². The van der Waals surface area contributed by atoms with E-state index < -0.39 is 6.10 Å². The van der Waals surface area contributed by atoms with E-state index in [2.05, 4.69) is 34.5 Å². The Kier molecular flexibility index (Phi) is 6.76. The molecule has 0 spiro atoms. The average Bonchev–Trinajstić information content (AvgIpc) is 3.49. The van der Waals surface area contributed by atoms with Gasteiger partial charge in [0.1, 0.15) is 17.7 Å². The van der Waals surface area contributed by atoms with Gasteiger partial charge in [-0.3, -0.25) is 4.79 Å². The van der Waals surface area contributed by atoms with Crippen molar-refractivity contribution >= 4 is 28.1 Å². The van der Waals surface area contributed by atoms with Crippen molar-refractivity contribution in [2.75, 3.05) is 0 Å². The maximum absolute atomic E-state index is 13.4. The fourth-order valence-electron chi connectivity index (χ4n) is 4.40. The first-order valence-corrected chi connectivity index (χ1v) is 12.8. The minimum atomic E-state index is -0.435. The molecular formula is C29H27FN4O2S. The lowest BCUT2D eigenvalue weighted by atomic mass is 9.96. The van der Waals surface area contributed by atoms with Gasteiger partial charge in [-0.1, -0.05) is 23.8 Å². The number of amides is 1. The summed E-state index contributed by atoms with van der Waals surface area (Å²) in [4.78, 5) is 18.1.